The normalized spacial score (nSPS) is 15.5. The number of aryl methyl sites for hydroxylation is 1. The number of nitrogens with one attached hydrogen (secondary N) is 1. The fourth-order valence-corrected chi connectivity index (χ4v) is 2.06. The number of carbonyl (C=O) groups is 2. The maximum Gasteiger partial charge on any atom is 0.326 e. The summed E-state index contributed by atoms with van der Waals surface area (Å²) in [6.45, 7) is 1.64. The zero-order valence-corrected chi connectivity index (χ0v) is 11.8. The molecule has 6 heteroatoms. The number of halogens is 1. The Kier molecular flexibility index (Phi) is 4.49. The molecule has 0 bridgehead atoms. The molecule has 1 aromatic rings. The molecule has 1 unspecified atom stereocenters. The minimum absolute atomic E-state index is 0.0407. The minimum Gasteiger partial charge on any atom is -0.482 e. The van der Waals surface area contributed by atoms with Crippen molar-refractivity contribution in [3.8, 4) is 5.75 Å². The molecule has 0 aromatic heterocycles. The summed E-state index contributed by atoms with van der Waals surface area (Å²) in [6.07, 6.45) is 1.67. The van der Waals surface area contributed by atoms with Crippen molar-refractivity contribution >= 4 is 23.5 Å². The van der Waals surface area contributed by atoms with E-state index in [1.165, 1.54) is 0 Å². The number of carboxylic acids is 1. The van der Waals surface area contributed by atoms with Gasteiger partial charge in [-0.1, -0.05) is 17.7 Å². The fourth-order valence-electron chi connectivity index (χ4n) is 1.89. The Morgan fingerprint density at radius 1 is 1.50 bits per heavy atom. The van der Waals surface area contributed by atoms with Crippen LogP contribution in [0.5, 0.6) is 5.75 Å². The third kappa shape index (κ3) is 3.87. The first-order valence-electron chi connectivity index (χ1n) is 6.38. The predicted molar refractivity (Wildman–Crippen MR) is 74.0 cm³/mol. The number of rotatable bonds is 6. The van der Waals surface area contributed by atoms with Crippen LogP contribution in [0.15, 0.2) is 18.2 Å². The second-order valence-electron chi connectivity index (χ2n) is 4.94. The highest BCUT2D eigenvalue weighted by Gasteiger charge is 2.37. The lowest BCUT2D eigenvalue weighted by atomic mass is 10.2. The zero-order valence-electron chi connectivity index (χ0n) is 11.1. The van der Waals surface area contributed by atoms with E-state index in [9.17, 15) is 9.59 Å². The van der Waals surface area contributed by atoms with Crippen LogP contribution in [0.3, 0.4) is 0 Å². The summed E-state index contributed by atoms with van der Waals surface area (Å²) in [5, 5.41) is 11.9. The van der Waals surface area contributed by atoms with Crippen LogP contribution in [0.2, 0.25) is 5.02 Å². The van der Waals surface area contributed by atoms with Crippen LogP contribution in [0, 0.1) is 12.8 Å². The van der Waals surface area contributed by atoms with Gasteiger partial charge in [-0.3, -0.25) is 4.79 Å². The highest BCUT2D eigenvalue weighted by atomic mass is 35.5. The van der Waals surface area contributed by atoms with Crippen LogP contribution in [-0.4, -0.2) is 29.6 Å². The van der Waals surface area contributed by atoms with Gasteiger partial charge in [0.05, 0.1) is 5.02 Å². The summed E-state index contributed by atoms with van der Waals surface area (Å²) in [6, 6.07) is 4.43. The van der Waals surface area contributed by atoms with Crippen LogP contribution < -0.4 is 10.1 Å². The smallest absolute Gasteiger partial charge is 0.326 e. The molecule has 20 heavy (non-hydrogen) atoms. The highest BCUT2D eigenvalue weighted by molar-refractivity contribution is 6.32. The van der Waals surface area contributed by atoms with Gasteiger partial charge >= 0.3 is 5.97 Å². The molecule has 1 fully saturated rings. The van der Waals surface area contributed by atoms with E-state index < -0.39 is 17.9 Å². The van der Waals surface area contributed by atoms with Crippen molar-refractivity contribution in [2.75, 3.05) is 6.61 Å². The minimum atomic E-state index is -1.01. The first-order valence-corrected chi connectivity index (χ1v) is 6.76. The van der Waals surface area contributed by atoms with E-state index in [2.05, 4.69) is 5.32 Å². The van der Waals surface area contributed by atoms with Crippen LogP contribution in [0.25, 0.3) is 0 Å². The van der Waals surface area contributed by atoms with Gasteiger partial charge in [-0.25, -0.2) is 4.79 Å². The standard InChI is InChI=1S/C14H16ClNO4/c1-8-2-5-10(15)11(6-8)20-7-12(17)16-13(14(18)19)9-3-4-9/h2,5-6,9,13H,3-4,7H2,1H3,(H,16,17)(H,18,19). The molecule has 1 aliphatic rings. The molecule has 0 aliphatic heterocycles. The Hall–Kier alpha value is -1.75. The van der Waals surface area contributed by atoms with Gasteiger partial charge in [0.1, 0.15) is 11.8 Å². The second-order valence-corrected chi connectivity index (χ2v) is 5.35. The average molecular weight is 298 g/mol. The predicted octanol–water partition coefficient (Wildman–Crippen LogP) is 2.01. The average Bonchev–Trinajstić information content (AvgIpc) is 3.21. The number of amides is 1. The summed E-state index contributed by atoms with van der Waals surface area (Å²) >= 11 is 5.95. The van der Waals surface area contributed by atoms with Gasteiger partial charge in [0.25, 0.3) is 5.91 Å². The summed E-state index contributed by atoms with van der Waals surface area (Å²) in [4.78, 5) is 22.7. The molecule has 1 aliphatic carbocycles. The highest BCUT2D eigenvalue weighted by Crippen LogP contribution is 2.32. The lowest BCUT2D eigenvalue weighted by Gasteiger charge is -2.14. The Bertz CT molecular complexity index is 528. The third-order valence-corrected chi connectivity index (χ3v) is 3.43. The lowest BCUT2D eigenvalue weighted by molar-refractivity contribution is -0.142. The number of hydrogen-bond acceptors (Lipinski definition) is 3. The third-order valence-electron chi connectivity index (χ3n) is 3.12. The van der Waals surface area contributed by atoms with E-state index in [-0.39, 0.29) is 12.5 Å². The number of carboxylic acid groups (broad SMARTS) is 1. The molecule has 1 aromatic carbocycles. The molecule has 2 N–H and O–H groups in total. The van der Waals surface area contributed by atoms with Crippen molar-refractivity contribution in [3.63, 3.8) is 0 Å². The number of carbonyl (C=O) groups excluding carboxylic acids is 1. The molecule has 1 saturated carbocycles. The maximum absolute atomic E-state index is 11.7. The maximum atomic E-state index is 11.7. The Morgan fingerprint density at radius 3 is 2.80 bits per heavy atom. The van der Waals surface area contributed by atoms with Gasteiger partial charge in [-0.05, 0) is 43.4 Å². The van der Waals surface area contributed by atoms with Gasteiger partial charge in [0.2, 0.25) is 0 Å². The van der Waals surface area contributed by atoms with Gasteiger partial charge < -0.3 is 15.2 Å². The van der Waals surface area contributed by atoms with E-state index in [1.54, 1.807) is 12.1 Å². The molecule has 108 valence electrons. The Morgan fingerprint density at radius 2 is 2.20 bits per heavy atom. The number of aliphatic carboxylic acids is 1. The van der Waals surface area contributed by atoms with Crippen molar-refractivity contribution in [1.29, 1.82) is 0 Å². The monoisotopic (exact) mass is 297 g/mol. The molecule has 0 spiro atoms. The fraction of sp³-hybridized carbons (Fsp3) is 0.429. The number of benzene rings is 1. The summed E-state index contributed by atoms with van der Waals surface area (Å²) < 4.78 is 5.32. The van der Waals surface area contributed by atoms with Crippen LogP contribution in [0.4, 0.5) is 0 Å². The van der Waals surface area contributed by atoms with Crippen LogP contribution in [0.1, 0.15) is 18.4 Å². The zero-order chi connectivity index (χ0) is 14.7. The SMILES string of the molecule is Cc1ccc(Cl)c(OCC(=O)NC(C(=O)O)C2CC2)c1. The van der Waals surface area contributed by atoms with Gasteiger partial charge in [0.15, 0.2) is 6.61 Å². The van der Waals surface area contributed by atoms with Crippen molar-refractivity contribution in [3.05, 3.63) is 28.8 Å². The lowest BCUT2D eigenvalue weighted by Crippen LogP contribution is -2.44. The Balaban J connectivity index is 1.88. The van der Waals surface area contributed by atoms with E-state index in [1.807, 2.05) is 13.0 Å². The largest absolute Gasteiger partial charge is 0.482 e. The summed E-state index contributed by atoms with van der Waals surface area (Å²) in [5.41, 5.74) is 0.964. The Labute approximate surface area is 121 Å². The molecular formula is C14H16ClNO4. The topological polar surface area (TPSA) is 75.6 Å². The molecule has 1 amide bonds. The second kappa shape index (κ2) is 6.13. The molecule has 5 nitrogen and oxygen atoms in total. The molecule has 0 heterocycles. The van der Waals surface area contributed by atoms with Crippen LogP contribution in [-0.2, 0) is 9.59 Å². The molecule has 0 saturated heterocycles. The van der Waals surface area contributed by atoms with Gasteiger partial charge in [-0.15, -0.1) is 0 Å². The summed E-state index contributed by atoms with van der Waals surface area (Å²) in [5.74, 6) is -1.00. The first-order chi connectivity index (χ1) is 9.47. The molecular weight excluding hydrogens is 282 g/mol. The van der Waals surface area contributed by atoms with E-state index in [0.29, 0.717) is 10.8 Å². The van der Waals surface area contributed by atoms with E-state index >= 15 is 0 Å². The molecule has 0 radical (unpaired) electrons. The molecule has 2 rings (SSSR count). The first kappa shape index (κ1) is 14.7. The van der Waals surface area contributed by atoms with Crippen LogP contribution >= 0.6 is 11.6 Å². The number of ether oxygens (including phenoxy) is 1. The van der Waals surface area contributed by atoms with E-state index in [4.69, 9.17) is 21.4 Å². The van der Waals surface area contributed by atoms with Gasteiger partial charge in [-0.2, -0.15) is 0 Å². The number of hydrogen-bond donors (Lipinski definition) is 2. The van der Waals surface area contributed by atoms with E-state index in [0.717, 1.165) is 18.4 Å². The quantitative estimate of drug-likeness (QED) is 0.842. The van der Waals surface area contributed by atoms with Gasteiger partial charge in [0, 0.05) is 0 Å². The van der Waals surface area contributed by atoms with Crippen molar-refractivity contribution < 1.29 is 19.4 Å². The van der Waals surface area contributed by atoms with Crippen molar-refractivity contribution in [2.45, 2.75) is 25.8 Å². The molecule has 1 atom stereocenters. The summed E-state index contributed by atoms with van der Waals surface area (Å²) in [7, 11) is 0. The van der Waals surface area contributed by atoms with Crippen molar-refractivity contribution in [1.82, 2.24) is 5.32 Å². The van der Waals surface area contributed by atoms with Crippen molar-refractivity contribution in [2.24, 2.45) is 5.92 Å².